The predicted molar refractivity (Wildman–Crippen MR) is 74.3 cm³/mol. The maximum atomic E-state index is 5.13. The average Bonchev–Trinajstić information content (AvgIpc) is 2.40. The fourth-order valence-electron chi connectivity index (χ4n) is 1.47. The Morgan fingerprint density at radius 1 is 1.00 bits per heavy atom. The van der Waals surface area contributed by atoms with Crippen LogP contribution in [0, 0.1) is 0 Å². The van der Waals surface area contributed by atoms with E-state index in [-0.39, 0.29) is 0 Å². The van der Waals surface area contributed by atoms with Gasteiger partial charge in [-0.05, 0) is 29.8 Å². The molecule has 0 unspecified atom stereocenters. The molecule has 0 aromatic heterocycles. The van der Waals surface area contributed by atoms with E-state index in [0.717, 1.165) is 16.2 Å². The summed E-state index contributed by atoms with van der Waals surface area (Å²) in [5, 5.41) is 0. The first-order chi connectivity index (χ1) is 8.29. The molecule has 0 bridgehead atoms. The van der Waals surface area contributed by atoms with Gasteiger partial charge in [0.25, 0.3) is 0 Å². The molecule has 86 valence electrons. The van der Waals surface area contributed by atoms with Gasteiger partial charge in [-0.15, -0.1) is 0 Å². The summed E-state index contributed by atoms with van der Waals surface area (Å²) in [6.45, 7) is 4.09. The zero-order chi connectivity index (χ0) is 12.1. The maximum Gasteiger partial charge on any atom is 0.118 e. The third-order valence-corrected chi connectivity index (χ3v) is 3.39. The smallest absolute Gasteiger partial charge is 0.118 e. The van der Waals surface area contributed by atoms with Crippen molar-refractivity contribution in [2.24, 2.45) is 0 Å². The highest BCUT2D eigenvalue weighted by Gasteiger charge is 2.01. The van der Waals surface area contributed by atoms with Crippen molar-refractivity contribution in [1.29, 1.82) is 0 Å². The van der Waals surface area contributed by atoms with Crippen molar-refractivity contribution in [3.05, 3.63) is 66.7 Å². The van der Waals surface area contributed by atoms with Gasteiger partial charge in [0.2, 0.25) is 0 Å². The van der Waals surface area contributed by atoms with E-state index in [4.69, 9.17) is 4.74 Å². The number of thioether (sulfide) groups is 1. The Bertz CT molecular complexity index is 488. The Morgan fingerprint density at radius 3 is 2.24 bits per heavy atom. The largest absolute Gasteiger partial charge is 0.497 e. The van der Waals surface area contributed by atoms with E-state index in [9.17, 15) is 0 Å². The molecular weight excluding hydrogens is 228 g/mol. The van der Waals surface area contributed by atoms with Crippen molar-refractivity contribution in [2.75, 3.05) is 7.11 Å². The van der Waals surface area contributed by atoms with Crippen LogP contribution in [0.1, 0.15) is 5.56 Å². The van der Waals surface area contributed by atoms with Gasteiger partial charge < -0.3 is 4.74 Å². The van der Waals surface area contributed by atoms with E-state index in [1.807, 2.05) is 42.5 Å². The molecule has 17 heavy (non-hydrogen) atoms. The second-order valence-corrected chi connectivity index (χ2v) is 4.74. The van der Waals surface area contributed by atoms with Gasteiger partial charge >= 0.3 is 0 Å². The molecule has 0 fully saturated rings. The fourth-order valence-corrected chi connectivity index (χ4v) is 2.28. The van der Waals surface area contributed by atoms with Crippen molar-refractivity contribution in [3.63, 3.8) is 0 Å². The molecule has 0 amide bonds. The van der Waals surface area contributed by atoms with Crippen molar-refractivity contribution in [2.45, 2.75) is 4.90 Å². The van der Waals surface area contributed by atoms with Gasteiger partial charge in [-0.25, -0.2) is 0 Å². The third kappa shape index (κ3) is 3.14. The van der Waals surface area contributed by atoms with Gasteiger partial charge in [0.1, 0.15) is 5.75 Å². The Balaban J connectivity index is 2.08. The highest BCUT2D eigenvalue weighted by Crippen LogP contribution is 2.33. The maximum absolute atomic E-state index is 5.13. The highest BCUT2D eigenvalue weighted by atomic mass is 32.2. The van der Waals surface area contributed by atoms with Crippen LogP contribution in [0.3, 0.4) is 0 Å². The van der Waals surface area contributed by atoms with Crippen LogP contribution in [0.4, 0.5) is 0 Å². The van der Waals surface area contributed by atoms with Gasteiger partial charge in [-0.1, -0.05) is 48.7 Å². The molecule has 2 aromatic rings. The van der Waals surface area contributed by atoms with Crippen LogP contribution in [0.2, 0.25) is 0 Å². The molecular formula is C15H14OS. The normalized spacial score (nSPS) is 9.94. The summed E-state index contributed by atoms with van der Waals surface area (Å²) in [6, 6.07) is 18.2. The van der Waals surface area contributed by atoms with Gasteiger partial charge in [0.15, 0.2) is 0 Å². The number of hydrogen-bond acceptors (Lipinski definition) is 2. The minimum atomic E-state index is 0.875. The summed E-state index contributed by atoms with van der Waals surface area (Å²) in [4.78, 5) is 2.22. The quantitative estimate of drug-likeness (QED) is 0.732. The zero-order valence-electron chi connectivity index (χ0n) is 9.72. The molecule has 2 rings (SSSR count). The zero-order valence-corrected chi connectivity index (χ0v) is 10.5. The Morgan fingerprint density at radius 2 is 1.65 bits per heavy atom. The minimum absolute atomic E-state index is 0.875. The van der Waals surface area contributed by atoms with Crippen LogP contribution in [-0.4, -0.2) is 7.11 Å². The first kappa shape index (κ1) is 11.8. The molecule has 2 heteroatoms. The van der Waals surface area contributed by atoms with Crippen LogP contribution in [0.5, 0.6) is 5.75 Å². The van der Waals surface area contributed by atoms with Crippen molar-refractivity contribution in [1.82, 2.24) is 0 Å². The summed E-state index contributed by atoms with van der Waals surface area (Å²) in [6.07, 6.45) is 0. The molecule has 0 spiro atoms. The van der Waals surface area contributed by atoms with Crippen LogP contribution in [0.25, 0.3) is 4.91 Å². The van der Waals surface area contributed by atoms with Gasteiger partial charge in [-0.3, -0.25) is 0 Å². The van der Waals surface area contributed by atoms with Crippen molar-refractivity contribution >= 4 is 16.7 Å². The van der Waals surface area contributed by atoms with Gasteiger partial charge in [0, 0.05) is 9.80 Å². The molecule has 0 heterocycles. The summed E-state index contributed by atoms with van der Waals surface area (Å²) in [5.74, 6) is 0.875. The lowest BCUT2D eigenvalue weighted by atomic mass is 10.2. The second-order valence-electron chi connectivity index (χ2n) is 3.57. The molecule has 0 aliphatic rings. The Labute approximate surface area is 106 Å². The molecule has 1 nitrogen and oxygen atoms in total. The van der Waals surface area contributed by atoms with E-state index in [1.54, 1.807) is 18.9 Å². The standard InChI is InChI=1S/C15H14OS/c1-12(13-6-4-3-5-7-13)17-15-10-8-14(16-2)9-11-15/h3-11H,1H2,2H3. The molecule has 0 aliphatic carbocycles. The number of ether oxygens (including phenoxy) is 1. The summed E-state index contributed by atoms with van der Waals surface area (Å²) >= 11 is 1.67. The van der Waals surface area contributed by atoms with E-state index >= 15 is 0 Å². The van der Waals surface area contributed by atoms with Crippen LogP contribution in [-0.2, 0) is 0 Å². The van der Waals surface area contributed by atoms with E-state index in [0.29, 0.717) is 0 Å². The summed E-state index contributed by atoms with van der Waals surface area (Å²) in [7, 11) is 1.67. The fraction of sp³-hybridized carbons (Fsp3) is 0.0667. The molecule has 0 N–H and O–H groups in total. The number of benzene rings is 2. The topological polar surface area (TPSA) is 9.23 Å². The Hall–Kier alpha value is -1.67. The predicted octanol–water partition coefficient (Wildman–Crippen LogP) is 4.46. The SMILES string of the molecule is C=C(Sc1ccc(OC)cc1)c1ccccc1. The molecule has 0 radical (unpaired) electrons. The molecule has 0 saturated heterocycles. The lowest BCUT2D eigenvalue weighted by Gasteiger charge is -2.06. The molecule has 0 saturated carbocycles. The first-order valence-electron chi connectivity index (χ1n) is 5.36. The van der Waals surface area contributed by atoms with E-state index in [1.165, 1.54) is 4.90 Å². The first-order valence-corrected chi connectivity index (χ1v) is 6.17. The lowest BCUT2D eigenvalue weighted by Crippen LogP contribution is -1.82. The molecule has 0 aliphatic heterocycles. The van der Waals surface area contributed by atoms with Crippen LogP contribution < -0.4 is 4.74 Å². The van der Waals surface area contributed by atoms with Crippen LogP contribution >= 0.6 is 11.8 Å². The van der Waals surface area contributed by atoms with Crippen molar-refractivity contribution in [3.8, 4) is 5.75 Å². The minimum Gasteiger partial charge on any atom is -0.497 e. The summed E-state index contributed by atoms with van der Waals surface area (Å²) < 4.78 is 5.13. The van der Waals surface area contributed by atoms with Crippen LogP contribution in [0.15, 0.2) is 66.1 Å². The number of methoxy groups -OCH3 is 1. The monoisotopic (exact) mass is 242 g/mol. The average molecular weight is 242 g/mol. The van der Waals surface area contributed by atoms with E-state index in [2.05, 4.69) is 18.7 Å². The molecule has 0 atom stereocenters. The number of rotatable bonds is 4. The number of hydrogen-bond donors (Lipinski definition) is 0. The third-order valence-electron chi connectivity index (χ3n) is 2.40. The second kappa shape index (κ2) is 5.60. The van der Waals surface area contributed by atoms with Crippen molar-refractivity contribution < 1.29 is 4.74 Å². The summed E-state index contributed by atoms with van der Waals surface area (Å²) in [5.41, 5.74) is 1.16. The van der Waals surface area contributed by atoms with Gasteiger partial charge in [-0.2, -0.15) is 0 Å². The lowest BCUT2D eigenvalue weighted by molar-refractivity contribution is 0.414. The van der Waals surface area contributed by atoms with E-state index < -0.39 is 0 Å². The Kier molecular flexibility index (Phi) is 3.89. The molecule has 2 aromatic carbocycles. The highest BCUT2D eigenvalue weighted by molar-refractivity contribution is 8.08. The van der Waals surface area contributed by atoms with Gasteiger partial charge in [0.05, 0.1) is 7.11 Å².